The van der Waals surface area contributed by atoms with Crippen molar-refractivity contribution in [3.63, 3.8) is 0 Å². The molecule has 0 fully saturated rings. The summed E-state index contributed by atoms with van der Waals surface area (Å²) in [7, 11) is 0. The number of hydrogen-bond acceptors (Lipinski definition) is 3. The van der Waals surface area contributed by atoms with Gasteiger partial charge in [0.1, 0.15) is 11.6 Å². The van der Waals surface area contributed by atoms with Crippen LogP contribution in [0.3, 0.4) is 0 Å². The van der Waals surface area contributed by atoms with E-state index in [4.69, 9.17) is 4.74 Å². The van der Waals surface area contributed by atoms with Gasteiger partial charge in [0, 0.05) is 29.4 Å². The maximum Gasteiger partial charge on any atom is 0.227 e. The van der Waals surface area contributed by atoms with E-state index in [1.807, 2.05) is 24.3 Å². The number of fused-ring (bicyclic) bond motifs is 3. The summed E-state index contributed by atoms with van der Waals surface area (Å²) < 4.78 is 20.1. The zero-order valence-corrected chi connectivity index (χ0v) is 11.5. The summed E-state index contributed by atoms with van der Waals surface area (Å²) >= 11 is 0. The molecule has 0 N–H and O–H groups in total. The summed E-state index contributed by atoms with van der Waals surface area (Å²) in [4.78, 5) is 8.18. The van der Waals surface area contributed by atoms with Gasteiger partial charge in [-0.25, -0.2) is 9.37 Å². The molecule has 2 heterocycles. The van der Waals surface area contributed by atoms with Crippen molar-refractivity contribution >= 4 is 21.5 Å². The van der Waals surface area contributed by atoms with Gasteiger partial charge in [-0.3, -0.25) is 4.98 Å². The first-order valence-corrected chi connectivity index (χ1v) is 6.87. The number of halogens is 1. The summed E-state index contributed by atoms with van der Waals surface area (Å²) in [6.45, 7) is 0. The molecule has 0 amide bonds. The quantitative estimate of drug-likeness (QED) is 0.501. The van der Waals surface area contributed by atoms with Crippen molar-refractivity contribution in [2.24, 2.45) is 0 Å². The van der Waals surface area contributed by atoms with Gasteiger partial charge < -0.3 is 4.74 Å². The normalized spacial score (nSPS) is 11.0. The first-order chi connectivity index (χ1) is 10.8. The Morgan fingerprint density at radius 1 is 0.773 bits per heavy atom. The van der Waals surface area contributed by atoms with Gasteiger partial charge in [0.05, 0.1) is 0 Å². The van der Waals surface area contributed by atoms with Crippen LogP contribution < -0.4 is 4.74 Å². The number of nitrogens with zero attached hydrogens (tertiary/aromatic N) is 2. The Morgan fingerprint density at radius 3 is 2.32 bits per heavy atom. The lowest BCUT2D eigenvalue weighted by Gasteiger charge is -2.10. The topological polar surface area (TPSA) is 35.0 Å². The van der Waals surface area contributed by atoms with E-state index in [1.54, 1.807) is 36.8 Å². The van der Waals surface area contributed by atoms with Crippen LogP contribution in [0.1, 0.15) is 0 Å². The van der Waals surface area contributed by atoms with Crippen LogP contribution >= 0.6 is 0 Å². The Labute approximate surface area is 126 Å². The minimum Gasteiger partial charge on any atom is -0.438 e. The highest BCUT2D eigenvalue weighted by Gasteiger charge is 2.11. The fourth-order valence-corrected chi connectivity index (χ4v) is 2.56. The Kier molecular flexibility index (Phi) is 2.93. The molecule has 0 radical (unpaired) electrons. The molecule has 0 bridgehead atoms. The number of ether oxygens (including phenoxy) is 1. The highest BCUT2D eigenvalue weighted by atomic mass is 19.1. The fraction of sp³-hybridized carbons (Fsp3) is 0. The van der Waals surface area contributed by atoms with E-state index < -0.39 is 0 Å². The number of aromatic nitrogens is 2. The lowest BCUT2D eigenvalue weighted by molar-refractivity contribution is 0.468. The van der Waals surface area contributed by atoms with E-state index in [2.05, 4.69) is 9.97 Å². The van der Waals surface area contributed by atoms with Gasteiger partial charge in [-0.1, -0.05) is 24.3 Å². The van der Waals surface area contributed by atoms with Crippen LogP contribution in [0.25, 0.3) is 21.5 Å². The van der Waals surface area contributed by atoms with Crippen LogP contribution in [0.15, 0.2) is 67.1 Å². The predicted molar refractivity (Wildman–Crippen MR) is 83.5 cm³/mol. The molecular weight excluding hydrogens is 279 g/mol. The van der Waals surface area contributed by atoms with Crippen molar-refractivity contribution in [2.45, 2.75) is 0 Å². The summed E-state index contributed by atoms with van der Waals surface area (Å²) in [6, 6.07) is 14.2. The minimum absolute atomic E-state index is 0.282. The van der Waals surface area contributed by atoms with Crippen LogP contribution in [0, 0.1) is 5.82 Å². The molecule has 0 aliphatic carbocycles. The zero-order chi connectivity index (χ0) is 14.9. The van der Waals surface area contributed by atoms with E-state index in [0.29, 0.717) is 22.4 Å². The Hall–Kier alpha value is -3.01. The van der Waals surface area contributed by atoms with Gasteiger partial charge in [-0.2, -0.15) is 0 Å². The molecule has 22 heavy (non-hydrogen) atoms. The molecule has 0 spiro atoms. The van der Waals surface area contributed by atoms with E-state index >= 15 is 0 Å². The predicted octanol–water partition coefficient (Wildman–Crippen LogP) is 4.71. The third-order valence-corrected chi connectivity index (χ3v) is 3.56. The molecule has 4 aromatic rings. The molecule has 2 aromatic heterocycles. The lowest BCUT2D eigenvalue weighted by Crippen LogP contribution is -1.91. The van der Waals surface area contributed by atoms with Crippen molar-refractivity contribution in [1.82, 2.24) is 9.97 Å². The third-order valence-electron chi connectivity index (χ3n) is 3.56. The first-order valence-electron chi connectivity index (χ1n) is 6.87. The van der Waals surface area contributed by atoms with E-state index in [-0.39, 0.29) is 5.82 Å². The van der Waals surface area contributed by atoms with Crippen molar-refractivity contribution in [3.8, 4) is 11.6 Å². The molecule has 106 valence electrons. The molecule has 0 unspecified atom stereocenters. The van der Waals surface area contributed by atoms with Crippen molar-refractivity contribution in [2.75, 3.05) is 0 Å². The molecule has 0 atom stereocenters. The standard InChI is InChI=1S/C18H11FN2O/c19-17-11-16-14(13-3-1-2-4-15(13)17)7-10-21-18(16)22-12-5-8-20-9-6-12/h1-11H. The minimum atomic E-state index is -0.282. The van der Waals surface area contributed by atoms with Gasteiger partial charge in [0.25, 0.3) is 0 Å². The smallest absolute Gasteiger partial charge is 0.227 e. The summed E-state index contributed by atoms with van der Waals surface area (Å²) in [6.07, 6.45) is 4.94. The molecule has 0 aliphatic rings. The number of rotatable bonds is 2. The molecular formula is C18H11FN2O. The van der Waals surface area contributed by atoms with Gasteiger partial charge >= 0.3 is 0 Å². The van der Waals surface area contributed by atoms with Crippen LogP contribution in [0.4, 0.5) is 4.39 Å². The van der Waals surface area contributed by atoms with E-state index in [1.165, 1.54) is 6.07 Å². The van der Waals surface area contributed by atoms with Crippen LogP contribution in [-0.2, 0) is 0 Å². The number of benzene rings is 2. The zero-order valence-electron chi connectivity index (χ0n) is 11.5. The van der Waals surface area contributed by atoms with Crippen LogP contribution in [0.2, 0.25) is 0 Å². The van der Waals surface area contributed by atoms with Gasteiger partial charge in [-0.05, 0) is 35.0 Å². The molecule has 2 aromatic carbocycles. The maximum absolute atomic E-state index is 14.3. The highest BCUT2D eigenvalue weighted by Crippen LogP contribution is 2.33. The lowest BCUT2D eigenvalue weighted by atomic mass is 10.0. The maximum atomic E-state index is 14.3. The van der Waals surface area contributed by atoms with Gasteiger partial charge in [0.15, 0.2) is 0 Å². The molecule has 0 saturated heterocycles. The van der Waals surface area contributed by atoms with Crippen molar-refractivity contribution in [3.05, 3.63) is 72.9 Å². The monoisotopic (exact) mass is 290 g/mol. The molecule has 4 heteroatoms. The molecule has 0 aliphatic heterocycles. The summed E-state index contributed by atoms with van der Waals surface area (Å²) in [5.41, 5.74) is 0. The fourth-order valence-electron chi connectivity index (χ4n) is 2.56. The highest BCUT2D eigenvalue weighted by molar-refractivity contribution is 6.09. The molecule has 0 saturated carbocycles. The number of hydrogen-bond donors (Lipinski definition) is 0. The summed E-state index contributed by atoms with van der Waals surface area (Å²) in [5.74, 6) is 0.715. The molecule has 4 rings (SSSR count). The van der Waals surface area contributed by atoms with Crippen LogP contribution in [-0.4, -0.2) is 9.97 Å². The SMILES string of the molecule is Fc1cc2c(Oc3ccncc3)nccc2c2ccccc12. The third kappa shape index (κ3) is 2.05. The first kappa shape index (κ1) is 12.7. The Balaban J connectivity index is 1.97. The second-order valence-corrected chi connectivity index (χ2v) is 4.90. The largest absolute Gasteiger partial charge is 0.438 e. The molecule has 3 nitrogen and oxygen atoms in total. The van der Waals surface area contributed by atoms with Gasteiger partial charge in [0.2, 0.25) is 5.88 Å². The van der Waals surface area contributed by atoms with E-state index in [9.17, 15) is 4.39 Å². The second kappa shape index (κ2) is 5.07. The second-order valence-electron chi connectivity index (χ2n) is 4.90. The average Bonchev–Trinajstić information content (AvgIpc) is 2.57. The van der Waals surface area contributed by atoms with Crippen molar-refractivity contribution < 1.29 is 9.13 Å². The van der Waals surface area contributed by atoms with Crippen LogP contribution in [0.5, 0.6) is 11.6 Å². The average molecular weight is 290 g/mol. The van der Waals surface area contributed by atoms with Gasteiger partial charge in [-0.15, -0.1) is 0 Å². The Morgan fingerprint density at radius 2 is 1.50 bits per heavy atom. The number of pyridine rings is 2. The summed E-state index contributed by atoms with van der Waals surface area (Å²) in [5, 5.41) is 3.00. The van der Waals surface area contributed by atoms with Crippen molar-refractivity contribution in [1.29, 1.82) is 0 Å². The Bertz CT molecular complexity index is 970. The van der Waals surface area contributed by atoms with E-state index in [0.717, 1.165) is 10.8 Å².